The molecular formula is C11H21NO4. The lowest BCUT2D eigenvalue weighted by Crippen LogP contribution is -2.41. The highest BCUT2D eigenvalue weighted by Crippen LogP contribution is 2.00. The Morgan fingerprint density at radius 1 is 1.31 bits per heavy atom. The molecule has 0 bridgehead atoms. The van der Waals surface area contributed by atoms with Crippen molar-refractivity contribution >= 4 is 11.9 Å². The summed E-state index contributed by atoms with van der Waals surface area (Å²) in [5.74, 6) is -1.08. The largest absolute Gasteiger partial charge is 0.459 e. The fourth-order valence-electron chi connectivity index (χ4n) is 1.24. The number of carbonyl (C=O) groups is 2. The molecule has 0 aromatic heterocycles. The molecule has 0 heterocycles. The number of rotatable bonds is 6. The van der Waals surface area contributed by atoms with Crippen LogP contribution in [-0.4, -0.2) is 50.2 Å². The van der Waals surface area contributed by atoms with E-state index in [9.17, 15) is 9.59 Å². The molecule has 0 saturated carbocycles. The Bertz CT molecular complexity index is 228. The van der Waals surface area contributed by atoms with Gasteiger partial charge in [-0.1, -0.05) is 13.8 Å². The standard InChI is InChI=1S/C11H21NO4/c1-5-16-11(14)10(13)12(6-7-15-4)8-9(2)3/h9H,5-8H2,1-4H3. The monoisotopic (exact) mass is 231 g/mol. The van der Waals surface area contributed by atoms with Crippen molar-refractivity contribution in [2.24, 2.45) is 5.92 Å². The van der Waals surface area contributed by atoms with Gasteiger partial charge in [0.15, 0.2) is 0 Å². The van der Waals surface area contributed by atoms with E-state index in [0.717, 1.165) is 0 Å². The second-order valence-corrected chi connectivity index (χ2v) is 3.86. The summed E-state index contributed by atoms with van der Waals surface area (Å²) in [6.45, 7) is 7.21. The normalized spacial score (nSPS) is 10.3. The molecule has 0 fully saturated rings. The van der Waals surface area contributed by atoms with Crippen LogP contribution >= 0.6 is 0 Å². The highest BCUT2D eigenvalue weighted by atomic mass is 16.5. The minimum absolute atomic E-state index is 0.213. The third kappa shape index (κ3) is 5.70. The Kier molecular flexibility index (Phi) is 7.54. The first-order valence-electron chi connectivity index (χ1n) is 5.47. The van der Waals surface area contributed by atoms with Crippen molar-refractivity contribution in [2.75, 3.05) is 33.4 Å². The van der Waals surface area contributed by atoms with Gasteiger partial charge in [-0.15, -0.1) is 0 Å². The van der Waals surface area contributed by atoms with Crippen LogP contribution in [0, 0.1) is 5.92 Å². The van der Waals surface area contributed by atoms with Crippen LogP contribution in [0.15, 0.2) is 0 Å². The van der Waals surface area contributed by atoms with Crippen LogP contribution in [0.5, 0.6) is 0 Å². The molecule has 0 aromatic carbocycles. The number of esters is 1. The van der Waals surface area contributed by atoms with Crippen LogP contribution in [0.1, 0.15) is 20.8 Å². The molecule has 0 aliphatic heterocycles. The van der Waals surface area contributed by atoms with Gasteiger partial charge in [-0.3, -0.25) is 4.79 Å². The predicted molar refractivity (Wildman–Crippen MR) is 59.9 cm³/mol. The lowest BCUT2D eigenvalue weighted by atomic mass is 10.2. The molecule has 94 valence electrons. The van der Waals surface area contributed by atoms with E-state index in [1.54, 1.807) is 14.0 Å². The number of hydrogen-bond donors (Lipinski definition) is 0. The van der Waals surface area contributed by atoms with Crippen molar-refractivity contribution in [1.29, 1.82) is 0 Å². The average Bonchev–Trinajstić information content (AvgIpc) is 2.23. The van der Waals surface area contributed by atoms with E-state index < -0.39 is 11.9 Å². The summed E-state index contributed by atoms with van der Waals surface area (Å²) in [4.78, 5) is 24.4. The molecule has 0 atom stereocenters. The van der Waals surface area contributed by atoms with E-state index in [4.69, 9.17) is 4.74 Å². The molecule has 0 aromatic rings. The fourth-order valence-corrected chi connectivity index (χ4v) is 1.24. The first-order chi connectivity index (χ1) is 7.52. The SMILES string of the molecule is CCOC(=O)C(=O)N(CCOC)CC(C)C. The zero-order valence-corrected chi connectivity index (χ0v) is 10.5. The Hall–Kier alpha value is -1.10. The van der Waals surface area contributed by atoms with Crippen LogP contribution in [0.3, 0.4) is 0 Å². The number of amides is 1. The van der Waals surface area contributed by atoms with Crippen LogP contribution < -0.4 is 0 Å². The smallest absolute Gasteiger partial charge is 0.397 e. The molecule has 16 heavy (non-hydrogen) atoms. The maximum absolute atomic E-state index is 11.7. The van der Waals surface area contributed by atoms with Crippen LogP contribution in [0.2, 0.25) is 0 Å². The molecule has 0 aliphatic carbocycles. The van der Waals surface area contributed by atoms with Gasteiger partial charge in [0.1, 0.15) is 0 Å². The molecule has 0 saturated heterocycles. The van der Waals surface area contributed by atoms with Crippen molar-refractivity contribution in [2.45, 2.75) is 20.8 Å². The molecule has 0 spiro atoms. The van der Waals surface area contributed by atoms with Gasteiger partial charge in [0, 0.05) is 20.2 Å². The van der Waals surface area contributed by atoms with Gasteiger partial charge >= 0.3 is 11.9 Å². The van der Waals surface area contributed by atoms with E-state index in [1.807, 2.05) is 13.8 Å². The third-order valence-electron chi connectivity index (χ3n) is 1.89. The maximum atomic E-state index is 11.7. The van der Waals surface area contributed by atoms with E-state index in [1.165, 1.54) is 4.90 Å². The summed E-state index contributed by atoms with van der Waals surface area (Å²) in [6, 6.07) is 0. The average molecular weight is 231 g/mol. The van der Waals surface area contributed by atoms with Crippen LogP contribution in [0.25, 0.3) is 0 Å². The van der Waals surface area contributed by atoms with E-state index in [0.29, 0.717) is 25.6 Å². The zero-order valence-electron chi connectivity index (χ0n) is 10.5. The predicted octanol–water partition coefficient (Wildman–Crippen LogP) is 0.680. The van der Waals surface area contributed by atoms with E-state index in [2.05, 4.69) is 4.74 Å². The number of nitrogens with zero attached hydrogens (tertiary/aromatic N) is 1. The molecule has 0 radical (unpaired) electrons. The number of hydrogen-bond acceptors (Lipinski definition) is 4. The molecule has 0 unspecified atom stereocenters. The van der Waals surface area contributed by atoms with E-state index in [-0.39, 0.29) is 6.61 Å². The molecule has 5 heteroatoms. The second-order valence-electron chi connectivity index (χ2n) is 3.86. The molecule has 5 nitrogen and oxygen atoms in total. The lowest BCUT2D eigenvalue weighted by Gasteiger charge is -2.22. The molecule has 0 rings (SSSR count). The first kappa shape index (κ1) is 14.9. The molecular weight excluding hydrogens is 210 g/mol. The quantitative estimate of drug-likeness (QED) is 0.498. The van der Waals surface area contributed by atoms with Gasteiger partial charge in [-0.2, -0.15) is 0 Å². The van der Waals surface area contributed by atoms with Crippen molar-refractivity contribution in [3.05, 3.63) is 0 Å². The first-order valence-corrected chi connectivity index (χ1v) is 5.47. The Morgan fingerprint density at radius 3 is 2.38 bits per heavy atom. The summed E-state index contributed by atoms with van der Waals surface area (Å²) in [6.07, 6.45) is 0. The molecule has 0 aliphatic rings. The Labute approximate surface area is 96.7 Å². The van der Waals surface area contributed by atoms with Crippen LogP contribution in [0.4, 0.5) is 0 Å². The summed E-state index contributed by atoms with van der Waals surface area (Å²) < 4.78 is 9.57. The highest BCUT2D eigenvalue weighted by Gasteiger charge is 2.23. The lowest BCUT2D eigenvalue weighted by molar-refractivity contribution is -0.160. The summed E-state index contributed by atoms with van der Waals surface area (Å²) in [5.41, 5.74) is 0. The minimum Gasteiger partial charge on any atom is -0.459 e. The van der Waals surface area contributed by atoms with E-state index >= 15 is 0 Å². The van der Waals surface area contributed by atoms with Crippen LogP contribution in [-0.2, 0) is 19.1 Å². The Balaban J connectivity index is 4.36. The van der Waals surface area contributed by atoms with Crippen molar-refractivity contribution in [3.63, 3.8) is 0 Å². The third-order valence-corrected chi connectivity index (χ3v) is 1.89. The number of ether oxygens (including phenoxy) is 2. The van der Waals surface area contributed by atoms with Gasteiger partial charge in [-0.05, 0) is 12.8 Å². The molecule has 1 amide bonds. The van der Waals surface area contributed by atoms with Crippen molar-refractivity contribution in [3.8, 4) is 0 Å². The molecule has 0 N–H and O–H groups in total. The summed E-state index contributed by atoms with van der Waals surface area (Å²) in [7, 11) is 1.56. The second kappa shape index (κ2) is 8.10. The van der Waals surface area contributed by atoms with Gasteiger partial charge in [0.25, 0.3) is 0 Å². The van der Waals surface area contributed by atoms with Crippen molar-refractivity contribution < 1.29 is 19.1 Å². The van der Waals surface area contributed by atoms with Crippen molar-refractivity contribution in [1.82, 2.24) is 4.90 Å². The number of methoxy groups -OCH3 is 1. The van der Waals surface area contributed by atoms with Gasteiger partial charge in [0.05, 0.1) is 13.2 Å². The fraction of sp³-hybridized carbons (Fsp3) is 0.818. The van der Waals surface area contributed by atoms with Gasteiger partial charge in [-0.25, -0.2) is 4.79 Å². The van der Waals surface area contributed by atoms with Gasteiger partial charge < -0.3 is 14.4 Å². The Morgan fingerprint density at radius 2 is 1.94 bits per heavy atom. The maximum Gasteiger partial charge on any atom is 0.397 e. The minimum atomic E-state index is -0.792. The van der Waals surface area contributed by atoms with Gasteiger partial charge in [0.2, 0.25) is 0 Å². The highest BCUT2D eigenvalue weighted by molar-refractivity contribution is 6.32. The summed E-state index contributed by atoms with van der Waals surface area (Å²) >= 11 is 0. The summed E-state index contributed by atoms with van der Waals surface area (Å²) in [5, 5.41) is 0. The number of carbonyl (C=O) groups excluding carboxylic acids is 2. The topological polar surface area (TPSA) is 55.8 Å². The zero-order chi connectivity index (χ0) is 12.6.